The van der Waals surface area contributed by atoms with Gasteiger partial charge in [-0.2, -0.15) is 0 Å². The third-order valence-corrected chi connectivity index (χ3v) is 6.00. The molecule has 0 aromatic carbocycles. The lowest BCUT2D eigenvalue weighted by Crippen LogP contribution is -2.28. The molecule has 2 nitrogen and oxygen atoms in total. The van der Waals surface area contributed by atoms with Gasteiger partial charge in [-0.15, -0.1) is 0 Å². The Morgan fingerprint density at radius 2 is 2.03 bits per heavy atom. The molecule has 0 fully saturated rings. The van der Waals surface area contributed by atoms with E-state index in [1.54, 1.807) is 6.08 Å². The van der Waals surface area contributed by atoms with Crippen molar-refractivity contribution < 1.29 is 13.6 Å². The Morgan fingerprint density at radius 3 is 2.62 bits per heavy atom. The molecule has 3 aliphatic rings. The second-order valence-electron chi connectivity index (χ2n) is 8.42. The van der Waals surface area contributed by atoms with Crippen molar-refractivity contribution in [1.29, 1.82) is 0 Å². The zero-order chi connectivity index (χ0) is 21.2. The molecule has 0 saturated heterocycles. The lowest BCUT2D eigenvalue weighted by Gasteiger charge is -2.25. The van der Waals surface area contributed by atoms with Crippen LogP contribution < -0.4 is 0 Å². The summed E-state index contributed by atoms with van der Waals surface area (Å²) in [5.74, 6) is -2.87. The molecule has 0 saturated carbocycles. The number of rotatable bonds is 9. The van der Waals surface area contributed by atoms with E-state index in [4.69, 9.17) is 0 Å². The lowest BCUT2D eigenvalue weighted by molar-refractivity contribution is -0.115. The van der Waals surface area contributed by atoms with Crippen LogP contribution in [0, 0.1) is 11.8 Å². The summed E-state index contributed by atoms with van der Waals surface area (Å²) in [5.41, 5.74) is 3.35. The van der Waals surface area contributed by atoms with Crippen LogP contribution in [0.3, 0.4) is 0 Å². The summed E-state index contributed by atoms with van der Waals surface area (Å²) in [4.78, 5) is 17.5. The average Bonchev–Trinajstić information content (AvgIpc) is 3.32. The van der Waals surface area contributed by atoms with E-state index in [1.165, 1.54) is 0 Å². The van der Waals surface area contributed by atoms with Gasteiger partial charge in [0, 0.05) is 24.8 Å². The molecule has 3 rings (SSSR count). The number of Topliss-reactive ketones (excluding diaryl/α,β-unsaturated/α-hetero) is 1. The number of halogens is 2. The van der Waals surface area contributed by atoms with Gasteiger partial charge in [0.25, 0.3) is 5.92 Å². The fourth-order valence-electron chi connectivity index (χ4n) is 4.40. The molecule has 4 heteroatoms. The Labute approximate surface area is 172 Å². The summed E-state index contributed by atoms with van der Waals surface area (Å²) in [6.45, 7) is 7.19. The van der Waals surface area contributed by atoms with E-state index in [0.29, 0.717) is 30.2 Å². The van der Waals surface area contributed by atoms with E-state index < -0.39 is 5.92 Å². The molecule has 0 bridgehead atoms. The monoisotopic (exact) mass is 399 g/mol. The minimum Gasteiger partial charge on any atom is -0.292 e. The van der Waals surface area contributed by atoms with Crippen molar-refractivity contribution in [2.75, 3.05) is 0 Å². The van der Waals surface area contributed by atoms with Gasteiger partial charge in [0.15, 0.2) is 5.78 Å². The second kappa shape index (κ2) is 8.73. The molecule has 156 valence electrons. The van der Waals surface area contributed by atoms with Crippen LogP contribution in [-0.2, 0) is 4.79 Å². The number of ketones is 1. The molecule has 0 spiro atoms. The summed E-state index contributed by atoms with van der Waals surface area (Å²) in [7, 11) is 0. The number of aliphatic imine (C=N–C) groups is 1. The highest BCUT2D eigenvalue weighted by molar-refractivity contribution is 6.14. The van der Waals surface area contributed by atoms with Gasteiger partial charge < -0.3 is 0 Å². The first-order valence-electron chi connectivity index (χ1n) is 10.8. The summed E-state index contributed by atoms with van der Waals surface area (Å²) < 4.78 is 29.0. The SMILES string of the molecule is CCCC(C)CCC(=O)C1=C(CC)C2C=C(C3=CCC=C3)C=C(C(C)(F)F)C2=N1. The Hall–Kier alpha value is -2.10. The molecule has 0 radical (unpaired) electrons. The second-order valence-corrected chi connectivity index (χ2v) is 8.42. The van der Waals surface area contributed by atoms with Crippen molar-refractivity contribution in [3.63, 3.8) is 0 Å². The molecular weight excluding hydrogens is 368 g/mol. The van der Waals surface area contributed by atoms with Gasteiger partial charge in [-0.1, -0.05) is 57.9 Å². The van der Waals surface area contributed by atoms with E-state index in [2.05, 4.69) is 18.8 Å². The van der Waals surface area contributed by atoms with Crippen LogP contribution in [0.15, 0.2) is 63.4 Å². The molecule has 0 amide bonds. The number of hydrogen-bond donors (Lipinski definition) is 0. The summed E-state index contributed by atoms with van der Waals surface area (Å²) in [5, 5.41) is 0. The van der Waals surface area contributed by atoms with Crippen LogP contribution in [0.4, 0.5) is 8.78 Å². The van der Waals surface area contributed by atoms with Gasteiger partial charge in [-0.3, -0.25) is 4.79 Å². The van der Waals surface area contributed by atoms with Crippen LogP contribution in [0.1, 0.15) is 66.2 Å². The fraction of sp³-hybridized carbons (Fsp3) is 0.520. The predicted molar refractivity (Wildman–Crippen MR) is 115 cm³/mol. The van der Waals surface area contributed by atoms with Gasteiger partial charge in [0.2, 0.25) is 0 Å². The standard InChI is InChI=1S/C25H31F2NO/c1-5-9-16(3)12-13-22(29)24-19(6-2)20-14-18(17-10-7-8-11-17)15-21(23(20)28-24)25(4,26)27/h7,10-11,14-16,20H,5-6,8-9,12-13H2,1-4H3. The predicted octanol–water partition coefficient (Wildman–Crippen LogP) is 6.91. The Bertz CT molecular complexity index is 862. The van der Waals surface area contributed by atoms with Crippen molar-refractivity contribution in [3.05, 3.63) is 58.4 Å². The van der Waals surface area contributed by atoms with Crippen LogP contribution in [-0.4, -0.2) is 17.4 Å². The van der Waals surface area contributed by atoms with Crippen LogP contribution in [0.5, 0.6) is 0 Å². The first-order valence-corrected chi connectivity index (χ1v) is 10.8. The van der Waals surface area contributed by atoms with Gasteiger partial charge in [0.05, 0.1) is 5.71 Å². The van der Waals surface area contributed by atoms with Crippen LogP contribution in [0.2, 0.25) is 0 Å². The quantitative estimate of drug-likeness (QED) is 0.414. The topological polar surface area (TPSA) is 29.4 Å². The van der Waals surface area contributed by atoms with Gasteiger partial charge in [0.1, 0.15) is 5.70 Å². The lowest BCUT2D eigenvalue weighted by atomic mass is 9.80. The maximum absolute atomic E-state index is 14.5. The van der Waals surface area contributed by atoms with Crippen molar-refractivity contribution >= 4 is 11.5 Å². The fourth-order valence-corrected chi connectivity index (χ4v) is 4.40. The minimum atomic E-state index is -3.01. The number of nitrogens with zero attached hydrogens (tertiary/aromatic N) is 1. The molecule has 0 aromatic heterocycles. The smallest absolute Gasteiger partial charge is 0.272 e. The summed E-state index contributed by atoms with van der Waals surface area (Å²) >= 11 is 0. The minimum absolute atomic E-state index is 0.0135. The normalized spacial score (nSPS) is 22.2. The van der Waals surface area contributed by atoms with E-state index in [9.17, 15) is 13.6 Å². The van der Waals surface area contributed by atoms with Gasteiger partial charge >= 0.3 is 0 Å². The van der Waals surface area contributed by atoms with Crippen LogP contribution >= 0.6 is 0 Å². The number of carbonyl (C=O) groups excluding carboxylic acids is 1. The van der Waals surface area contributed by atoms with Crippen molar-refractivity contribution in [1.82, 2.24) is 0 Å². The summed E-state index contributed by atoms with van der Waals surface area (Å²) in [6, 6.07) is 0. The number of allylic oxidation sites excluding steroid dienone is 10. The Morgan fingerprint density at radius 1 is 1.28 bits per heavy atom. The average molecular weight is 400 g/mol. The number of fused-ring (bicyclic) bond motifs is 1. The van der Waals surface area contributed by atoms with Gasteiger partial charge in [-0.25, -0.2) is 13.8 Å². The van der Waals surface area contributed by atoms with Crippen molar-refractivity contribution in [3.8, 4) is 0 Å². The number of carbonyl (C=O) groups is 1. The molecule has 0 aromatic rings. The van der Waals surface area contributed by atoms with E-state index >= 15 is 0 Å². The first kappa shape index (κ1) is 21.6. The first-order chi connectivity index (χ1) is 13.8. The molecule has 0 N–H and O–H groups in total. The highest BCUT2D eigenvalue weighted by Crippen LogP contribution is 2.43. The van der Waals surface area contributed by atoms with E-state index in [1.807, 2.05) is 31.2 Å². The van der Waals surface area contributed by atoms with Gasteiger partial charge in [-0.05, 0) is 48.0 Å². The molecule has 2 atom stereocenters. The highest BCUT2D eigenvalue weighted by Gasteiger charge is 2.42. The van der Waals surface area contributed by atoms with Crippen molar-refractivity contribution in [2.24, 2.45) is 16.8 Å². The molecule has 2 unspecified atom stereocenters. The largest absolute Gasteiger partial charge is 0.292 e. The molecular formula is C25H31F2NO. The molecule has 29 heavy (non-hydrogen) atoms. The number of hydrogen-bond acceptors (Lipinski definition) is 2. The maximum atomic E-state index is 14.5. The Kier molecular flexibility index (Phi) is 6.50. The third-order valence-electron chi connectivity index (χ3n) is 6.00. The molecule has 1 heterocycles. The van der Waals surface area contributed by atoms with Crippen LogP contribution in [0.25, 0.3) is 0 Å². The number of alkyl halides is 2. The molecule has 1 aliphatic heterocycles. The van der Waals surface area contributed by atoms with E-state index in [-0.39, 0.29) is 17.3 Å². The van der Waals surface area contributed by atoms with E-state index in [0.717, 1.165) is 49.3 Å². The summed E-state index contributed by atoms with van der Waals surface area (Å²) in [6.07, 6.45) is 14.5. The Balaban J connectivity index is 1.95. The van der Waals surface area contributed by atoms with Crippen molar-refractivity contribution in [2.45, 2.75) is 72.1 Å². The highest BCUT2D eigenvalue weighted by atomic mass is 19.3. The maximum Gasteiger partial charge on any atom is 0.272 e. The zero-order valence-corrected chi connectivity index (χ0v) is 17.9. The third kappa shape index (κ3) is 4.57. The zero-order valence-electron chi connectivity index (χ0n) is 17.9. The molecule has 2 aliphatic carbocycles.